The maximum Gasteiger partial charge on any atom is 0.165 e. The standard InChI is InChI=1S/C12H17FN2O/c1-8(15-6-10(14)7-15)9-3-4-12(16-2)11(13)5-9/h3-5,8,10H,6-7,14H2,1-2H3. The summed E-state index contributed by atoms with van der Waals surface area (Å²) in [7, 11) is 1.47. The average Bonchev–Trinajstić information content (AvgIpc) is 2.24. The highest BCUT2D eigenvalue weighted by Crippen LogP contribution is 2.27. The van der Waals surface area contributed by atoms with Crippen LogP contribution in [-0.2, 0) is 0 Å². The van der Waals surface area contributed by atoms with Crippen LogP contribution in [0.1, 0.15) is 18.5 Å². The van der Waals surface area contributed by atoms with Gasteiger partial charge < -0.3 is 10.5 Å². The van der Waals surface area contributed by atoms with Crippen molar-refractivity contribution >= 4 is 0 Å². The molecule has 1 heterocycles. The van der Waals surface area contributed by atoms with Crippen LogP contribution in [0.15, 0.2) is 18.2 Å². The van der Waals surface area contributed by atoms with Gasteiger partial charge in [-0.2, -0.15) is 0 Å². The van der Waals surface area contributed by atoms with Crippen molar-refractivity contribution in [2.75, 3.05) is 20.2 Å². The first kappa shape index (κ1) is 11.4. The summed E-state index contributed by atoms with van der Waals surface area (Å²) in [5.74, 6) is -0.0204. The number of methoxy groups -OCH3 is 1. The van der Waals surface area contributed by atoms with E-state index in [0.29, 0.717) is 0 Å². The number of nitrogens with zero attached hydrogens (tertiary/aromatic N) is 1. The first-order valence-electron chi connectivity index (χ1n) is 5.45. The van der Waals surface area contributed by atoms with Crippen LogP contribution in [0.3, 0.4) is 0 Å². The van der Waals surface area contributed by atoms with Crippen LogP contribution in [0.2, 0.25) is 0 Å². The quantitative estimate of drug-likeness (QED) is 0.846. The maximum absolute atomic E-state index is 13.5. The molecule has 1 aromatic carbocycles. The zero-order valence-corrected chi connectivity index (χ0v) is 9.61. The minimum atomic E-state index is -0.309. The Balaban J connectivity index is 2.11. The Hall–Kier alpha value is -1.13. The van der Waals surface area contributed by atoms with Crippen molar-refractivity contribution in [2.24, 2.45) is 5.73 Å². The highest BCUT2D eigenvalue weighted by molar-refractivity contribution is 5.31. The third-order valence-electron chi connectivity index (χ3n) is 3.14. The second-order valence-corrected chi connectivity index (χ2v) is 4.28. The van der Waals surface area contributed by atoms with E-state index in [2.05, 4.69) is 11.8 Å². The summed E-state index contributed by atoms with van der Waals surface area (Å²) in [6, 6.07) is 5.58. The lowest BCUT2D eigenvalue weighted by molar-refractivity contribution is 0.103. The molecular weight excluding hydrogens is 207 g/mol. The fourth-order valence-corrected chi connectivity index (χ4v) is 2.02. The number of halogens is 1. The zero-order valence-electron chi connectivity index (χ0n) is 9.61. The van der Waals surface area contributed by atoms with Gasteiger partial charge in [-0.25, -0.2) is 4.39 Å². The Morgan fingerprint density at radius 1 is 1.50 bits per heavy atom. The monoisotopic (exact) mass is 224 g/mol. The van der Waals surface area contributed by atoms with Crippen molar-refractivity contribution in [2.45, 2.75) is 19.0 Å². The van der Waals surface area contributed by atoms with E-state index in [0.717, 1.165) is 18.7 Å². The number of likely N-dealkylation sites (tertiary alicyclic amines) is 1. The molecule has 1 saturated heterocycles. The van der Waals surface area contributed by atoms with Gasteiger partial charge in [0.1, 0.15) is 0 Å². The number of nitrogens with two attached hydrogens (primary N) is 1. The molecule has 0 spiro atoms. The lowest BCUT2D eigenvalue weighted by Crippen LogP contribution is -2.56. The summed E-state index contributed by atoms with van der Waals surface area (Å²) in [4.78, 5) is 2.23. The smallest absolute Gasteiger partial charge is 0.165 e. The summed E-state index contributed by atoms with van der Waals surface area (Å²) in [5, 5.41) is 0. The van der Waals surface area contributed by atoms with E-state index in [1.807, 2.05) is 6.07 Å². The summed E-state index contributed by atoms with van der Waals surface area (Å²) in [5.41, 5.74) is 6.69. The molecule has 1 unspecified atom stereocenters. The van der Waals surface area contributed by atoms with Crippen LogP contribution < -0.4 is 10.5 Å². The number of hydrogen-bond acceptors (Lipinski definition) is 3. The van der Waals surface area contributed by atoms with Gasteiger partial charge in [-0.3, -0.25) is 4.90 Å². The number of ether oxygens (including phenoxy) is 1. The molecule has 0 aliphatic carbocycles. The van der Waals surface area contributed by atoms with Gasteiger partial charge in [0, 0.05) is 25.2 Å². The molecule has 16 heavy (non-hydrogen) atoms. The van der Waals surface area contributed by atoms with Gasteiger partial charge in [0.25, 0.3) is 0 Å². The molecule has 1 aliphatic rings. The van der Waals surface area contributed by atoms with Gasteiger partial charge in [-0.05, 0) is 24.6 Å². The van der Waals surface area contributed by atoms with Crippen molar-refractivity contribution in [3.05, 3.63) is 29.6 Å². The largest absolute Gasteiger partial charge is 0.494 e. The number of benzene rings is 1. The average molecular weight is 224 g/mol. The van der Waals surface area contributed by atoms with Crippen LogP contribution in [0, 0.1) is 5.82 Å². The molecule has 0 saturated carbocycles. The highest BCUT2D eigenvalue weighted by Gasteiger charge is 2.28. The van der Waals surface area contributed by atoms with E-state index >= 15 is 0 Å². The van der Waals surface area contributed by atoms with E-state index < -0.39 is 0 Å². The number of hydrogen-bond donors (Lipinski definition) is 1. The van der Waals surface area contributed by atoms with Crippen LogP contribution in [-0.4, -0.2) is 31.1 Å². The predicted molar refractivity (Wildman–Crippen MR) is 60.9 cm³/mol. The summed E-state index contributed by atoms with van der Waals surface area (Å²) in [6.07, 6.45) is 0. The molecule has 88 valence electrons. The molecule has 0 amide bonds. The molecule has 4 heteroatoms. The van der Waals surface area contributed by atoms with Crippen molar-refractivity contribution in [3.8, 4) is 5.75 Å². The molecule has 1 fully saturated rings. The van der Waals surface area contributed by atoms with Crippen LogP contribution in [0.5, 0.6) is 5.75 Å². The van der Waals surface area contributed by atoms with E-state index in [4.69, 9.17) is 10.5 Å². The van der Waals surface area contributed by atoms with Gasteiger partial charge in [-0.1, -0.05) is 6.07 Å². The van der Waals surface area contributed by atoms with Gasteiger partial charge in [0.15, 0.2) is 11.6 Å². The van der Waals surface area contributed by atoms with Crippen molar-refractivity contribution in [1.29, 1.82) is 0 Å². The molecule has 0 radical (unpaired) electrons. The molecule has 0 bridgehead atoms. The number of rotatable bonds is 3. The minimum Gasteiger partial charge on any atom is -0.494 e. The highest BCUT2D eigenvalue weighted by atomic mass is 19.1. The first-order valence-corrected chi connectivity index (χ1v) is 5.45. The lowest BCUT2D eigenvalue weighted by Gasteiger charge is -2.41. The molecule has 1 aromatic rings. The predicted octanol–water partition coefficient (Wildman–Crippen LogP) is 1.54. The maximum atomic E-state index is 13.5. The Morgan fingerprint density at radius 3 is 2.69 bits per heavy atom. The second kappa shape index (κ2) is 4.39. The van der Waals surface area contributed by atoms with E-state index in [-0.39, 0.29) is 23.7 Å². The normalized spacial score (nSPS) is 19.2. The van der Waals surface area contributed by atoms with Gasteiger partial charge >= 0.3 is 0 Å². The van der Waals surface area contributed by atoms with Gasteiger partial charge in [0.2, 0.25) is 0 Å². The van der Waals surface area contributed by atoms with Crippen LogP contribution in [0.4, 0.5) is 4.39 Å². The lowest BCUT2D eigenvalue weighted by atomic mass is 10.0. The van der Waals surface area contributed by atoms with E-state index in [1.165, 1.54) is 13.2 Å². The Kier molecular flexibility index (Phi) is 3.12. The Morgan fingerprint density at radius 2 is 2.19 bits per heavy atom. The van der Waals surface area contributed by atoms with Gasteiger partial charge in [-0.15, -0.1) is 0 Å². The topological polar surface area (TPSA) is 38.5 Å². The summed E-state index contributed by atoms with van der Waals surface area (Å²) < 4.78 is 18.4. The second-order valence-electron chi connectivity index (χ2n) is 4.28. The minimum absolute atomic E-state index is 0.209. The SMILES string of the molecule is COc1ccc(C(C)N2CC(N)C2)cc1F. The fraction of sp³-hybridized carbons (Fsp3) is 0.500. The Labute approximate surface area is 95.0 Å². The molecule has 2 N–H and O–H groups in total. The van der Waals surface area contributed by atoms with Gasteiger partial charge in [0.05, 0.1) is 7.11 Å². The zero-order chi connectivity index (χ0) is 11.7. The third kappa shape index (κ3) is 2.03. The van der Waals surface area contributed by atoms with Crippen LogP contribution >= 0.6 is 0 Å². The molecule has 1 atom stereocenters. The summed E-state index contributed by atoms with van der Waals surface area (Å²) in [6.45, 7) is 3.83. The molecule has 3 nitrogen and oxygen atoms in total. The van der Waals surface area contributed by atoms with Crippen molar-refractivity contribution in [1.82, 2.24) is 4.90 Å². The van der Waals surface area contributed by atoms with E-state index in [1.54, 1.807) is 6.07 Å². The fourth-order valence-electron chi connectivity index (χ4n) is 2.02. The summed E-state index contributed by atoms with van der Waals surface area (Å²) >= 11 is 0. The van der Waals surface area contributed by atoms with Crippen molar-refractivity contribution < 1.29 is 9.13 Å². The third-order valence-corrected chi connectivity index (χ3v) is 3.14. The van der Waals surface area contributed by atoms with Crippen LogP contribution in [0.25, 0.3) is 0 Å². The molecule has 0 aromatic heterocycles. The molecule has 1 aliphatic heterocycles. The van der Waals surface area contributed by atoms with E-state index in [9.17, 15) is 4.39 Å². The molecule has 2 rings (SSSR count). The molecular formula is C12H17FN2O. The van der Waals surface area contributed by atoms with Crippen molar-refractivity contribution in [3.63, 3.8) is 0 Å². The first-order chi connectivity index (χ1) is 7.61. The Bertz CT molecular complexity index is 377.